The number of aryl methyl sites for hydroxylation is 1. The van der Waals surface area contributed by atoms with Crippen LogP contribution in [0.1, 0.15) is 31.7 Å². The van der Waals surface area contributed by atoms with E-state index in [0.29, 0.717) is 11.7 Å². The molecule has 0 bridgehead atoms. The molecule has 0 aliphatic rings. The molecule has 0 aliphatic carbocycles. The number of anilines is 1. The molecule has 0 aliphatic heterocycles. The van der Waals surface area contributed by atoms with Gasteiger partial charge in [-0.3, -0.25) is 4.79 Å². The van der Waals surface area contributed by atoms with Crippen LogP contribution in [-0.2, 0) is 14.6 Å². The maximum absolute atomic E-state index is 12.4. The molecule has 0 atom stereocenters. The number of ether oxygens (including phenoxy) is 1. The Balaban J connectivity index is 1.50. The smallest absolute Gasteiger partial charge is 0.226 e. The third-order valence-electron chi connectivity index (χ3n) is 4.57. The van der Waals surface area contributed by atoms with Gasteiger partial charge in [-0.15, -0.1) is 11.3 Å². The normalized spacial score (nSPS) is 11.3. The fourth-order valence-corrected chi connectivity index (χ4v) is 4.92. The molecule has 1 heterocycles. The molecule has 6 nitrogen and oxygen atoms in total. The number of carbonyl (C=O) groups is 1. The van der Waals surface area contributed by atoms with Crippen LogP contribution in [0, 0.1) is 6.92 Å². The summed E-state index contributed by atoms with van der Waals surface area (Å²) in [5, 5.41) is 5.12. The molecule has 164 valence electrons. The summed E-state index contributed by atoms with van der Waals surface area (Å²) in [5.41, 5.74) is 2.70. The summed E-state index contributed by atoms with van der Waals surface area (Å²) < 4.78 is 30.3. The van der Waals surface area contributed by atoms with E-state index in [9.17, 15) is 13.2 Å². The molecular weight excluding hydrogens is 432 g/mol. The van der Waals surface area contributed by atoms with Gasteiger partial charge in [0.05, 0.1) is 22.9 Å². The van der Waals surface area contributed by atoms with Gasteiger partial charge in [0.15, 0.2) is 15.0 Å². The van der Waals surface area contributed by atoms with Crippen molar-refractivity contribution in [2.24, 2.45) is 0 Å². The van der Waals surface area contributed by atoms with Gasteiger partial charge in [0.25, 0.3) is 0 Å². The first-order valence-corrected chi connectivity index (χ1v) is 12.7. The monoisotopic (exact) mass is 458 g/mol. The Kier molecular flexibility index (Phi) is 7.81. The van der Waals surface area contributed by atoms with Crippen molar-refractivity contribution in [3.63, 3.8) is 0 Å². The number of aromatic nitrogens is 1. The molecule has 0 unspecified atom stereocenters. The number of hydrogen-bond donors (Lipinski definition) is 1. The first-order chi connectivity index (χ1) is 14.9. The number of nitrogens with zero attached hydrogens (tertiary/aromatic N) is 1. The number of hydrogen-bond acceptors (Lipinski definition) is 6. The van der Waals surface area contributed by atoms with Crippen molar-refractivity contribution in [2.45, 2.75) is 38.0 Å². The Labute approximate surface area is 187 Å². The SMILES string of the molecule is CCCOc1ccc(-c2csc(NC(=O)CCCS(=O)(=O)c3ccc(C)cc3)n2)cc1. The average molecular weight is 459 g/mol. The average Bonchev–Trinajstić information content (AvgIpc) is 3.21. The quantitative estimate of drug-likeness (QED) is 0.457. The number of carbonyl (C=O) groups excluding carboxylic acids is 1. The van der Waals surface area contributed by atoms with Crippen molar-refractivity contribution in [3.05, 3.63) is 59.5 Å². The van der Waals surface area contributed by atoms with Crippen molar-refractivity contribution < 1.29 is 17.9 Å². The zero-order valence-corrected chi connectivity index (χ0v) is 19.3. The first-order valence-electron chi connectivity index (χ1n) is 10.2. The van der Waals surface area contributed by atoms with Crippen LogP contribution in [0.3, 0.4) is 0 Å². The molecule has 3 rings (SSSR count). The molecule has 0 fully saturated rings. The predicted molar refractivity (Wildman–Crippen MR) is 124 cm³/mol. The molecule has 8 heteroatoms. The summed E-state index contributed by atoms with van der Waals surface area (Å²) in [5.74, 6) is 0.497. The highest BCUT2D eigenvalue weighted by molar-refractivity contribution is 7.91. The molecule has 1 aromatic heterocycles. The van der Waals surface area contributed by atoms with E-state index in [-0.39, 0.29) is 29.4 Å². The number of thiazole rings is 1. The Morgan fingerprint density at radius 3 is 2.48 bits per heavy atom. The van der Waals surface area contributed by atoms with E-state index in [2.05, 4.69) is 17.2 Å². The van der Waals surface area contributed by atoms with E-state index < -0.39 is 9.84 Å². The van der Waals surface area contributed by atoms with Gasteiger partial charge in [-0.25, -0.2) is 13.4 Å². The summed E-state index contributed by atoms with van der Waals surface area (Å²) in [4.78, 5) is 17.0. The van der Waals surface area contributed by atoms with E-state index in [1.807, 2.05) is 36.6 Å². The van der Waals surface area contributed by atoms with Crippen LogP contribution >= 0.6 is 11.3 Å². The summed E-state index contributed by atoms with van der Waals surface area (Å²) >= 11 is 1.34. The lowest BCUT2D eigenvalue weighted by atomic mass is 10.2. The van der Waals surface area contributed by atoms with E-state index in [1.54, 1.807) is 24.3 Å². The Morgan fingerprint density at radius 2 is 1.81 bits per heavy atom. The minimum atomic E-state index is -3.39. The molecule has 1 N–H and O–H groups in total. The standard InChI is InChI=1S/C23H26N2O4S2/c1-3-14-29-19-10-8-18(9-11-19)21-16-30-23(24-21)25-22(26)5-4-15-31(27,28)20-12-6-17(2)7-13-20/h6-13,16H,3-5,14-15H2,1-2H3,(H,24,25,26). The maximum Gasteiger partial charge on any atom is 0.226 e. The lowest BCUT2D eigenvalue weighted by Gasteiger charge is -2.05. The van der Waals surface area contributed by atoms with Crippen molar-refractivity contribution in [1.82, 2.24) is 4.98 Å². The van der Waals surface area contributed by atoms with Gasteiger partial charge >= 0.3 is 0 Å². The molecule has 2 aromatic carbocycles. The fraction of sp³-hybridized carbons (Fsp3) is 0.304. The number of sulfone groups is 1. The minimum Gasteiger partial charge on any atom is -0.494 e. The second-order valence-corrected chi connectivity index (χ2v) is 10.2. The van der Waals surface area contributed by atoms with Crippen molar-refractivity contribution >= 4 is 32.2 Å². The second-order valence-electron chi connectivity index (χ2n) is 7.19. The zero-order chi connectivity index (χ0) is 22.3. The Hall–Kier alpha value is -2.71. The summed E-state index contributed by atoms with van der Waals surface area (Å²) in [7, 11) is -3.39. The largest absolute Gasteiger partial charge is 0.494 e. The van der Waals surface area contributed by atoms with Crippen LogP contribution < -0.4 is 10.1 Å². The van der Waals surface area contributed by atoms with Crippen molar-refractivity contribution in [2.75, 3.05) is 17.7 Å². The van der Waals surface area contributed by atoms with Crippen LogP contribution in [0.5, 0.6) is 5.75 Å². The molecule has 31 heavy (non-hydrogen) atoms. The molecule has 0 saturated carbocycles. The first kappa shape index (κ1) is 23.0. The summed E-state index contributed by atoms with van der Waals surface area (Å²) in [6.07, 6.45) is 1.32. The van der Waals surface area contributed by atoms with E-state index in [1.165, 1.54) is 11.3 Å². The molecule has 3 aromatic rings. The summed E-state index contributed by atoms with van der Waals surface area (Å²) in [6.45, 7) is 4.64. The van der Waals surface area contributed by atoms with Crippen LogP contribution in [0.4, 0.5) is 5.13 Å². The van der Waals surface area contributed by atoms with Gasteiger partial charge in [-0.1, -0.05) is 24.6 Å². The van der Waals surface area contributed by atoms with Gasteiger partial charge in [0.2, 0.25) is 5.91 Å². The number of amides is 1. The third kappa shape index (κ3) is 6.63. The van der Waals surface area contributed by atoms with Gasteiger partial charge in [0, 0.05) is 17.4 Å². The summed E-state index contributed by atoms with van der Waals surface area (Å²) in [6, 6.07) is 14.4. The van der Waals surface area contributed by atoms with Gasteiger partial charge in [0.1, 0.15) is 5.75 Å². The minimum absolute atomic E-state index is 0.0704. The molecular formula is C23H26N2O4S2. The third-order valence-corrected chi connectivity index (χ3v) is 7.14. The fourth-order valence-electron chi connectivity index (χ4n) is 2.87. The molecule has 0 radical (unpaired) electrons. The van der Waals surface area contributed by atoms with Crippen LogP contribution in [0.25, 0.3) is 11.3 Å². The highest BCUT2D eigenvalue weighted by atomic mass is 32.2. The van der Waals surface area contributed by atoms with Crippen LogP contribution in [0.15, 0.2) is 58.8 Å². The second kappa shape index (κ2) is 10.5. The highest BCUT2D eigenvalue weighted by Gasteiger charge is 2.15. The van der Waals surface area contributed by atoms with E-state index in [0.717, 1.165) is 29.0 Å². The molecule has 0 saturated heterocycles. The lowest BCUT2D eigenvalue weighted by molar-refractivity contribution is -0.116. The number of rotatable bonds is 10. The Morgan fingerprint density at radius 1 is 1.10 bits per heavy atom. The lowest BCUT2D eigenvalue weighted by Crippen LogP contribution is -2.14. The van der Waals surface area contributed by atoms with Gasteiger partial charge in [-0.2, -0.15) is 0 Å². The zero-order valence-electron chi connectivity index (χ0n) is 17.6. The molecule has 1 amide bonds. The Bertz CT molecular complexity index is 1110. The maximum atomic E-state index is 12.4. The molecule has 0 spiro atoms. The van der Waals surface area contributed by atoms with Crippen molar-refractivity contribution in [3.8, 4) is 17.0 Å². The van der Waals surface area contributed by atoms with Crippen LogP contribution in [0.2, 0.25) is 0 Å². The number of benzene rings is 2. The van der Waals surface area contributed by atoms with E-state index >= 15 is 0 Å². The van der Waals surface area contributed by atoms with Gasteiger partial charge in [-0.05, 0) is 56.2 Å². The number of nitrogens with one attached hydrogen (secondary N) is 1. The predicted octanol–water partition coefficient (Wildman–Crippen LogP) is 5.10. The van der Waals surface area contributed by atoms with Crippen LogP contribution in [-0.4, -0.2) is 31.7 Å². The van der Waals surface area contributed by atoms with E-state index in [4.69, 9.17) is 4.74 Å². The van der Waals surface area contributed by atoms with Gasteiger partial charge < -0.3 is 10.1 Å². The van der Waals surface area contributed by atoms with Crippen molar-refractivity contribution in [1.29, 1.82) is 0 Å². The topological polar surface area (TPSA) is 85.4 Å². The highest BCUT2D eigenvalue weighted by Crippen LogP contribution is 2.26.